The largest absolute Gasteiger partial charge is 0.505 e. The van der Waals surface area contributed by atoms with E-state index in [-0.39, 0.29) is 27.1 Å². The minimum atomic E-state index is -0.398. The highest BCUT2D eigenvalue weighted by atomic mass is 35.5. The van der Waals surface area contributed by atoms with E-state index >= 15 is 0 Å². The average Bonchev–Trinajstić information content (AvgIpc) is 2.43. The first-order chi connectivity index (χ1) is 9.95. The van der Waals surface area contributed by atoms with Gasteiger partial charge in [-0.3, -0.25) is 4.79 Å². The maximum atomic E-state index is 12.1. The third-order valence-electron chi connectivity index (χ3n) is 2.80. The molecule has 0 radical (unpaired) electrons. The van der Waals surface area contributed by atoms with E-state index in [1.807, 2.05) is 0 Å². The van der Waals surface area contributed by atoms with Crippen molar-refractivity contribution in [3.05, 3.63) is 49.8 Å². The lowest BCUT2D eigenvalue weighted by atomic mass is 10.2. The molecule has 106 valence electrons. The van der Waals surface area contributed by atoms with Gasteiger partial charge in [-0.2, -0.15) is 0 Å². The molecule has 1 aromatic carbocycles. The number of aromatic hydroxyl groups is 1. The molecule has 0 saturated heterocycles. The maximum Gasteiger partial charge on any atom is 0.259 e. The summed E-state index contributed by atoms with van der Waals surface area (Å²) in [5.41, 5.74) is 0.221. The Balaban J connectivity index is 2.30. The number of benzene rings is 1. The van der Waals surface area contributed by atoms with Crippen LogP contribution in [0.15, 0.2) is 29.1 Å². The van der Waals surface area contributed by atoms with E-state index in [1.165, 1.54) is 24.3 Å². The lowest BCUT2D eigenvalue weighted by molar-refractivity contribution is 0.473. The number of fused-ring (bicyclic) bond motifs is 1. The molecule has 0 aliphatic heterocycles. The average molecular weight is 343 g/mol. The van der Waals surface area contributed by atoms with Crippen LogP contribution < -0.4 is 5.56 Å². The SMILES string of the molecule is O=c1[nH]c(-c2ccc(O)c(Cl)n2)nc2c(Cl)cc(Cl)cc12. The van der Waals surface area contributed by atoms with Crippen LogP contribution >= 0.6 is 34.8 Å². The van der Waals surface area contributed by atoms with Crippen LogP contribution in [-0.4, -0.2) is 20.1 Å². The topological polar surface area (TPSA) is 78.9 Å². The minimum Gasteiger partial charge on any atom is -0.505 e. The van der Waals surface area contributed by atoms with Crippen molar-refractivity contribution in [3.63, 3.8) is 0 Å². The summed E-state index contributed by atoms with van der Waals surface area (Å²) in [6.45, 7) is 0. The molecule has 5 nitrogen and oxygen atoms in total. The van der Waals surface area contributed by atoms with Crippen LogP contribution in [-0.2, 0) is 0 Å². The third kappa shape index (κ3) is 2.55. The second-order valence-corrected chi connectivity index (χ2v) is 5.41. The quantitative estimate of drug-likeness (QED) is 0.662. The molecule has 0 spiro atoms. The number of rotatable bonds is 1. The Bertz CT molecular complexity index is 924. The van der Waals surface area contributed by atoms with E-state index < -0.39 is 5.56 Å². The Labute approximate surface area is 133 Å². The van der Waals surface area contributed by atoms with Crippen molar-refractivity contribution < 1.29 is 5.11 Å². The van der Waals surface area contributed by atoms with Crippen molar-refractivity contribution in [1.82, 2.24) is 15.0 Å². The first kappa shape index (κ1) is 14.1. The van der Waals surface area contributed by atoms with E-state index in [0.717, 1.165) is 0 Å². The number of nitrogens with one attached hydrogen (secondary N) is 1. The predicted molar refractivity (Wildman–Crippen MR) is 82.3 cm³/mol. The van der Waals surface area contributed by atoms with Crippen LogP contribution in [0.5, 0.6) is 5.75 Å². The summed E-state index contributed by atoms with van der Waals surface area (Å²) in [5.74, 6) is 0.0342. The molecule has 0 aliphatic carbocycles. The lowest BCUT2D eigenvalue weighted by Crippen LogP contribution is -2.10. The van der Waals surface area contributed by atoms with Gasteiger partial charge in [-0.15, -0.1) is 0 Å². The molecule has 21 heavy (non-hydrogen) atoms. The van der Waals surface area contributed by atoms with E-state index in [4.69, 9.17) is 34.8 Å². The second-order valence-electron chi connectivity index (χ2n) is 4.20. The smallest absolute Gasteiger partial charge is 0.259 e. The molecule has 8 heteroatoms. The minimum absolute atomic E-state index is 0.0857. The summed E-state index contributed by atoms with van der Waals surface area (Å²) in [4.78, 5) is 22.9. The summed E-state index contributed by atoms with van der Waals surface area (Å²) in [5, 5.41) is 10.2. The van der Waals surface area contributed by atoms with E-state index in [0.29, 0.717) is 16.2 Å². The standard InChI is InChI=1S/C13H6Cl3N3O2/c14-5-3-6-10(7(15)4-5)18-12(19-13(6)21)8-1-2-9(20)11(16)17-8/h1-4,20H,(H,18,19,21). The first-order valence-electron chi connectivity index (χ1n) is 5.70. The van der Waals surface area contributed by atoms with E-state index in [2.05, 4.69) is 15.0 Å². The van der Waals surface area contributed by atoms with Gasteiger partial charge in [-0.1, -0.05) is 34.8 Å². The molecule has 0 unspecified atom stereocenters. The fourth-order valence-corrected chi connectivity index (χ4v) is 2.54. The molecule has 0 fully saturated rings. The Kier molecular flexibility index (Phi) is 3.49. The summed E-state index contributed by atoms with van der Waals surface area (Å²) in [6.07, 6.45) is 0. The Morgan fingerprint density at radius 1 is 1.10 bits per heavy atom. The van der Waals surface area contributed by atoms with Crippen molar-refractivity contribution >= 4 is 45.7 Å². The number of aromatic nitrogens is 3. The number of nitrogens with zero attached hydrogens (tertiary/aromatic N) is 2. The highest BCUT2D eigenvalue weighted by molar-refractivity contribution is 6.38. The van der Waals surface area contributed by atoms with Gasteiger partial charge in [0.2, 0.25) is 0 Å². The van der Waals surface area contributed by atoms with E-state index in [1.54, 1.807) is 0 Å². The van der Waals surface area contributed by atoms with Crippen molar-refractivity contribution in [2.24, 2.45) is 0 Å². The van der Waals surface area contributed by atoms with E-state index in [9.17, 15) is 9.90 Å². The number of aromatic amines is 1. The van der Waals surface area contributed by atoms with Crippen LogP contribution in [0.25, 0.3) is 22.4 Å². The molecule has 0 saturated carbocycles. The molecular weight excluding hydrogens is 337 g/mol. The zero-order chi connectivity index (χ0) is 15.1. The van der Waals surface area contributed by atoms with Gasteiger partial charge in [0.15, 0.2) is 16.7 Å². The van der Waals surface area contributed by atoms with Gasteiger partial charge in [0, 0.05) is 5.02 Å². The van der Waals surface area contributed by atoms with Gasteiger partial charge in [-0.25, -0.2) is 9.97 Å². The van der Waals surface area contributed by atoms with Crippen LogP contribution in [0.1, 0.15) is 0 Å². The van der Waals surface area contributed by atoms with Gasteiger partial charge in [0.25, 0.3) is 5.56 Å². The highest BCUT2D eigenvalue weighted by Gasteiger charge is 2.12. The second kappa shape index (κ2) is 5.18. The molecule has 0 amide bonds. The Morgan fingerprint density at radius 3 is 2.57 bits per heavy atom. The fraction of sp³-hybridized carbons (Fsp3) is 0. The normalized spacial score (nSPS) is 11.0. The zero-order valence-electron chi connectivity index (χ0n) is 10.2. The number of hydrogen-bond donors (Lipinski definition) is 2. The molecular formula is C13H6Cl3N3O2. The van der Waals surface area contributed by atoms with Crippen LogP contribution in [0.2, 0.25) is 15.2 Å². The maximum absolute atomic E-state index is 12.1. The van der Waals surface area contributed by atoms with Crippen molar-refractivity contribution in [1.29, 1.82) is 0 Å². The molecule has 0 aliphatic rings. The lowest BCUT2D eigenvalue weighted by Gasteiger charge is -2.05. The third-order valence-corrected chi connectivity index (χ3v) is 3.58. The summed E-state index contributed by atoms with van der Waals surface area (Å²) < 4.78 is 0. The van der Waals surface area contributed by atoms with Crippen molar-refractivity contribution in [2.45, 2.75) is 0 Å². The highest BCUT2D eigenvalue weighted by Crippen LogP contribution is 2.27. The molecule has 2 heterocycles. The van der Waals surface area contributed by atoms with Gasteiger partial charge < -0.3 is 10.1 Å². The monoisotopic (exact) mass is 341 g/mol. The summed E-state index contributed by atoms with van der Waals surface area (Å²) in [7, 11) is 0. The van der Waals surface area contributed by atoms with Crippen LogP contribution in [0, 0.1) is 0 Å². The molecule has 2 aromatic heterocycles. The first-order valence-corrected chi connectivity index (χ1v) is 6.84. The number of H-pyrrole nitrogens is 1. The van der Waals surface area contributed by atoms with Crippen molar-refractivity contribution in [3.8, 4) is 17.3 Å². The van der Waals surface area contributed by atoms with Crippen molar-refractivity contribution in [2.75, 3.05) is 0 Å². The zero-order valence-corrected chi connectivity index (χ0v) is 12.5. The van der Waals surface area contributed by atoms with Gasteiger partial charge in [0.1, 0.15) is 5.69 Å². The van der Waals surface area contributed by atoms with Crippen LogP contribution in [0.4, 0.5) is 0 Å². The predicted octanol–water partition coefficient (Wildman–Crippen LogP) is 3.65. The number of hydrogen-bond acceptors (Lipinski definition) is 4. The van der Waals surface area contributed by atoms with Crippen LogP contribution in [0.3, 0.4) is 0 Å². The number of halogens is 3. The molecule has 0 bridgehead atoms. The van der Waals surface area contributed by atoms with Gasteiger partial charge in [0.05, 0.1) is 15.9 Å². The summed E-state index contributed by atoms with van der Waals surface area (Å²) >= 11 is 17.7. The van der Waals surface area contributed by atoms with Gasteiger partial charge >= 0.3 is 0 Å². The van der Waals surface area contributed by atoms with Gasteiger partial charge in [-0.05, 0) is 24.3 Å². The Hall–Kier alpha value is -1.82. The molecule has 0 atom stereocenters. The molecule has 3 aromatic rings. The summed E-state index contributed by atoms with van der Waals surface area (Å²) in [6, 6.07) is 5.82. The molecule has 3 rings (SSSR count). The molecule has 2 N–H and O–H groups in total. The Morgan fingerprint density at radius 2 is 1.86 bits per heavy atom. The fourth-order valence-electron chi connectivity index (χ4n) is 1.85. The number of pyridine rings is 1.